The smallest absolute Gasteiger partial charge is 0.378 e. The number of aliphatic carboxylic acids is 1. The average Bonchev–Trinajstić information content (AvgIpc) is 3.03. The summed E-state index contributed by atoms with van der Waals surface area (Å²) in [7, 11) is 0. The number of phenolic OH excluding ortho intramolecular Hbond substituents is 1. The van der Waals surface area contributed by atoms with E-state index < -0.39 is 17.7 Å². The zero-order chi connectivity index (χ0) is 19.6. The van der Waals surface area contributed by atoms with E-state index in [1.807, 2.05) is 0 Å². The summed E-state index contributed by atoms with van der Waals surface area (Å²) in [4.78, 5) is 35.0. The molecular formula is C18H18N2O6S. The molecule has 8 nitrogen and oxygen atoms in total. The number of hydrogen-bond acceptors (Lipinski definition) is 7. The Morgan fingerprint density at radius 2 is 1.89 bits per heavy atom. The van der Waals surface area contributed by atoms with Crippen LogP contribution < -0.4 is 10.6 Å². The number of carboxylic acid groups (broad SMARTS) is 2. The number of carbonyl (C=O) groups excluding carboxylic acids is 1. The summed E-state index contributed by atoms with van der Waals surface area (Å²) in [5, 5.41) is 34.3. The highest BCUT2D eigenvalue weighted by atomic mass is 32.1. The fourth-order valence-electron chi connectivity index (χ4n) is 3.10. The minimum absolute atomic E-state index is 0.188. The van der Waals surface area contributed by atoms with E-state index in [9.17, 15) is 24.6 Å². The van der Waals surface area contributed by atoms with Gasteiger partial charge in [0.1, 0.15) is 5.75 Å². The van der Waals surface area contributed by atoms with Gasteiger partial charge < -0.3 is 26.0 Å². The first-order valence-electron chi connectivity index (χ1n) is 8.27. The van der Waals surface area contributed by atoms with Crippen LogP contribution in [-0.2, 0) is 17.8 Å². The zero-order valence-corrected chi connectivity index (χ0v) is 15.0. The van der Waals surface area contributed by atoms with E-state index in [2.05, 4.69) is 10.6 Å². The number of Topliss-reactive ketones (excluding diaryl/α,β-unsaturated/α-hetero) is 1. The zero-order valence-electron chi connectivity index (χ0n) is 14.2. The number of ketones is 1. The summed E-state index contributed by atoms with van der Waals surface area (Å²) in [6, 6.07) is 6.55. The standard InChI is InChI=1S/C18H18N2O6S/c21-10-3-1-9(2-4-10)7-19-8-12-15-11(5-6-20-12)13(17(23)24)16(27-15)14(22)18(25)26/h1-4,12,19-21H,5-8H2,(H,23,24)(H,25,26)/t12-/m1/s1. The summed E-state index contributed by atoms with van der Waals surface area (Å²) in [5.74, 6) is -3.95. The molecule has 3 rings (SSSR count). The van der Waals surface area contributed by atoms with Gasteiger partial charge in [0.2, 0.25) is 0 Å². The van der Waals surface area contributed by atoms with Gasteiger partial charge in [-0.1, -0.05) is 12.1 Å². The molecule has 0 unspecified atom stereocenters. The second kappa shape index (κ2) is 7.87. The lowest BCUT2D eigenvalue weighted by atomic mass is 9.97. The maximum Gasteiger partial charge on any atom is 0.378 e. The molecule has 0 radical (unpaired) electrons. The number of nitrogens with one attached hydrogen (secondary N) is 2. The van der Waals surface area contributed by atoms with Gasteiger partial charge in [0.05, 0.1) is 16.5 Å². The van der Waals surface area contributed by atoms with Crippen molar-refractivity contribution in [2.45, 2.75) is 19.0 Å². The molecule has 2 aromatic rings. The molecule has 0 bridgehead atoms. The van der Waals surface area contributed by atoms with E-state index in [0.717, 1.165) is 16.9 Å². The van der Waals surface area contributed by atoms with Crippen LogP contribution in [0.4, 0.5) is 0 Å². The van der Waals surface area contributed by atoms with Gasteiger partial charge in [-0.3, -0.25) is 4.79 Å². The summed E-state index contributed by atoms with van der Waals surface area (Å²) in [6.07, 6.45) is 0.425. The van der Waals surface area contributed by atoms with Crippen molar-refractivity contribution in [1.82, 2.24) is 10.6 Å². The number of carboxylic acids is 2. The molecule has 1 atom stereocenters. The van der Waals surface area contributed by atoms with Crippen LogP contribution in [0.2, 0.25) is 0 Å². The van der Waals surface area contributed by atoms with Crippen molar-refractivity contribution in [3.8, 4) is 5.75 Å². The maximum absolute atomic E-state index is 11.9. The number of hydrogen-bond donors (Lipinski definition) is 5. The van der Waals surface area contributed by atoms with Gasteiger partial charge in [-0.15, -0.1) is 11.3 Å². The van der Waals surface area contributed by atoms with Crippen molar-refractivity contribution in [2.24, 2.45) is 0 Å². The highest BCUT2D eigenvalue weighted by molar-refractivity contribution is 7.15. The van der Waals surface area contributed by atoms with Crippen LogP contribution in [0.15, 0.2) is 24.3 Å². The number of phenols is 1. The minimum Gasteiger partial charge on any atom is -0.508 e. The molecule has 1 aliphatic heterocycles. The predicted molar refractivity (Wildman–Crippen MR) is 97.5 cm³/mol. The van der Waals surface area contributed by atoms with Gasteiger partial charge in [-0.25, -0.2) is 9.59 Å². The van der Waals surface area contributed by atoms with E-state index in [1.54, 1.807) is 24.3 Å². The molecule has 142 valence electrons. The number of fused-ring (bicyclic) bond motifs is 1. The molecule has 5 N–H and O–H groups in total. The second-order valence-corrected chi connectivity index (χ2v) is 7.19. The van der Waals surface area contributed by atoms with Crippen LogP contribution in [0.1, 0.15) is 42.1 Å². The van der Waals surface area contributed by atoms with E-state index in [1.165, 1.54) is 0 Å². The quantitative estimate of drug-likeness (QED) is 0.353. The Bertz CT molecular complexity index is 890. The van der Waals surface area contributed by atoms with E-state index >= 15 is 0 Å². The Morgan fingerprint density at radius 3 is 2.52 bits per heavy atom. The molecule has 27 heavy (non-hydrogen) atoms. The summed E-state index contributed by atoms with van der Waals surface area (Å²) < 4.78 is 0. The van der Waals surface area contributed by atoms with Crippen LogP contribution in [0.25, 0.3) is 0 Å². The predicted octanol–water partition coefficient (Wildman–Crippen LogP) is 1.40. The van der Waals surface area contributed by atoms with Gasteiger partial charge in [0.25, 0.3) is 5.78 Å². The minimum atomic E-state index is -1.66. The molecule has 1 aromatic carbocycles. The molecular weight excluding hydrogens is 372 g/mol. The number of aromatic carboxylic acids is 1. The second-order valence-electron chi connectivity index (χ2n) is 6.14. The van der Waals surface area contributed by atoms with Crippen molar-refractivity contribution >= 4 is 29.1 Å². The lowest BCUT2D eigenvalue weighted by Gasteiger charge is -2.24. The van der Waals surface area contributed by atoms with E-state index in [-0.39, 0.29) is 22.2 Å². The first-order chi connectivity index (χ1) is 12.9. The van der Waals surface area contributed by atoms with E-state index in [0.29, 0.717) is 36.5 Å². The largest absolute Gasteiger partial charge is 0.508 e. The van der Waals surface area contributed by atoms with Crippen molar-refractivity contribution < 1.29 is 29.7 Å². The summed E-state index contributed by atoms with van der Waals surface area (Å²) >= 11 is 0.936. The molecule has 9 heteroatoms. The fraction of sp³-hybridized carbons (Fsp3) is 0.278. The first kappa shape index (κ1) is 19.0. The van der Waals surface area contributed by atoms with Crippen LogP contribution in [-0.4, -0.2) is 46.1 Å². The van der Waals surface area contributed by atoms with E-state index in [4.69, 9.17) is 5.11 Å². The Morgan fingerprint density at radius 1 is 1.19 bits per heavy atom. The van der Waals surface area contributed by atoms with Crippen LogP contribution in [0.5, 0.6) is 5.75 Å². The highest BCUT2D eigenvalue weighted by Crippen LogP contribution is 2.36. The van der Waals surface area contributed by atoms with Gasteiger partial charge in [0.15, 0.2) is 0 Å². The normalized spacial score (nSPS) is 15.9. The van der Waals surface area contributed by atoms with Crippen molar-refractivity contribution in [3.05, 3.63) is 50.7 Å². The number of aromatic hydroxyl groups is 1. The molecule has 2 heterocycles. The third-order valence-corrected chi connectivity index (χ3v) is 5.69. The molecule has 1 aliphatic rings. The summed E-state index contributed by atoms with van der Waals surface area (Å²) in [6.45, 7) is 1.57. The van der Waals surface area contributed by atoms with Crippen LogP contribution >= 0.6 is 11.3 Å². The van der Waals surface area contributed by atoms with Gasteiger partial charge in [-0.2, -0.15) is 0 Å². The maximum atomic E-state index is 11.9. The molecule has 0 amide bonds. The highest BCUT2D eigenvalue weighted by Gasteiger charge is 2.34. The lowest BCUT2D eigenvalue weighted by molar-refractivity contribution is -0.131. The van der Waals surface area contributed by atoms with Crippen molar-refractivity contribution in [1.29, 1.82) is 0 Å². The topological polar surface area (TPSA) is 136 Å². The van der Waals surface area contributed by atoms with Crippen LogP contribution in [0, 0.1) is 0 Å². The third kappa shape index (κ3) is 4.00. The lowest BCUT2D eigenvalue weighted by Crippen LogP contribution is -2.36. The molecule has 0 spiro atoms. The van der Waals surface area contributed by atoms with Gasteiger partial charge >= 0.3 is 11.9 Å². The monoisotopic (exact) mass is 390 g/mol. The Balaban J connectivity index is 1.80. The Hall–Kier alpha value is -2.75. The molecule has 1 aromatic heterocycles. The molecule has 0 fully saturated rings. The molecule has 0 saturated heterocycles. The van der Waals surface area contributed by atoms with Gasteiger partial charge in [0, 0.05) is 18.0 Å². The average molecular weight is 390 g/mol. The third-order valence-electron chi connectivity index (χ3n) is 4.35. The molecule has 0 aliphatic carbocycles. The summed E-state index contributed by atoms with van der Waals surface area (Å²) in [5.41, 5.74) is 1.32. The van der Waals surface area contributed by atoms with Gasteiger partial charge in [-0.05, 0) is 36.2 Å². The number of thiophene rings is 1. The molecule has 0 saturated carbocycles. The van der Waals surface area contributed by atoms with Crippen LogP contribution in [0.3, 0.4) is 0 Å². The van der Waals surface area contributed by atoms with Crippen molar-refractivity contribution in [3.63, 3.8) is 0 Å². The number of benzene rings is 1. The Labute approximate surface area is 158 Å². The number of carbonyl (C=O) groups is 3. The first-order valence-corrected chi connectivity index (χ1v) is 9.08. The van der Waals surface area contributed by atoms with Crippen molar-refractivity contribution in [2.75, 3.05) is 13.1 Å². The fourth-order valence-corrected chi connectivity index (χ4v) is 4.45. The number of rotatable bonds is 7. The Kier molecular flexibility index (Phi) is 5.54. The SMILES string of the molecule is O=C(O)C(=O)c1sc2c(c1C(=O)O)CCN[C@@H]2CNCc1ccc(O)cc1.